The molecule has 0 amide bonds. The summed E-state index contributed by atoms with van der Waals surface area (Å²) in [6.07, 6.45) is 0. The summed E-state index contributed by atoms with van der Waals surface area (Å²) in [7, 11) is 0. The molecule has 0 aromatic heterocycles. The van der Waals surface area contributed by atoms with Crippen molar-refractivity contribution >= 4 is 11.8 Å². The van der Waals surface area contributed by atoms with Crippen molar-refractivity contribution in [3.05, 3.63) is 0 Å². The second-order valence-corrected chi connectivity index (χ2v) is 3.26. The molecule has 0 saturated carbocycles. The number of rotatable bonds is 10. The topological polar surface area (TPSA) is 71.1 Å². The first-order chi connectivity index (χ1) is 8.58. The van der Waals surface area contributed by atoms with Gasteiger partial charge in [-0.25, -0.2) is 4.79 Å². The molecule has 0 fully saturated rings. The average molecular weight is 354 g/mol. The van der Waals surface area contributed by atoms with E-state index < -0.39 is 17.5 Å². The molecule has 110 valence electrons. The fourth-order valence-electron chi connectivity index (χ4n) is 1.36. The molecule has 6 nitrogen and oxygen atoms in total. The number of ether oxygens (including phenoxy) is 4. The first kappa shape index (κ1) is 21.2. The van der Waals surface area contributed by atoms with Crippen LogP contribution in [0, 0.1) is 0 Å². The van der Waals surface area contributed by atoms with Crippen LogP contribution in [0.3, 0.4) is 0 Å². The van der Waals surface area contributed by atoms with Gasteiger partial charge in [-0.05, 0) is 27.7 Å². The molecule has 0 radical (unpaired) electrons. The Hall–Kier alpha value is -0.0969. The van der Waals surface area contributed by atoms with Gasteiger partial charge in [0.05, 0.1) is 6.61 Å². The van der Waals surface area contributed by atoms with E-state index in [1.54, 1.807) is 27.7 Å². The monoisotopic (exact) mass is 352 g/mol. The van der Waals surface area contributed by atoms with Crippen molar-refractivity contribution in [1.82, 2.24) is 0 Å². The number of hydrogen-bond donors (Lipinski definition) is 0. The van der Waals surface area contributed by atoms with Gasteiger partial charge in [0.1, 0.15) is 6.61 Å². The Morgan fingerprint density at radius 1 is 0.895 bits per heavy atom. The van der Waals surface area contributed by atoms with Crippen LogP contribution in [-0.2, 0) is 54.7 Å². The van der Waals surface area contributed by atoms with Gasteiger partial charge in [-0.1, -0.05) is 0 Å². The zero-order chi connectivity index (χ0) is 14.0. The summed E-state index contributed by atoms with van der Waals surface area (Å²) in [5, 5.41) is 0. The van der Waals surface area contributed by atoms with Crippen LogP contribution in [0.25, 0.3) is 0 Å². The number of carbonyl (C=O) groups is 2. The van der Waals surface area contributed by atoms with Crippen molar-refractivity contribution in [3.8, 4) is 0 Å². The molecule has 0 atom stereocenters. The van der Waals surface area contributed by atoms with E-state index in [4.69, 9.17) is 18.9 Å². The molecule has 0 spiro atoms. The second kappa shape index (κ2) is 11.7. The minimum absolute atomic E-state index is 0. The van der Waals surface area contributed by atoms with Gasteiger partial charge in [0.25, 0.3) is 0 Å². The van der Waals surface area contributed by atoms with Gasteiger partial charge in [-0.2, -0.15) is 0 Å². The predicted molar refractivity (Wildman–Crippen MR) is 64.1 cm³/mol. The SMILES string of the molecule is CCOCC(=O)C(OCC)(OCC)C(=O)OCC.[Zr]. The van der Waals surface area contributed by atoms with E-state index in [1.165, 1.54) is 0 Å². The molecule has 0 saturated heterocycles. The van der Waals surface area contributed by atoms with Gasteiger partial charge in [0.15, 0.2) is 0 Å². The standard InChI is InChI=1S/C12H22O6.Zr/c1-5-15-9-10(13)12(17-7-3,18-8-4)11(14)16-6-2;/h5-9H2,1-4H3;. The smallest absolute Gasteiger partial charge is 0.375 e. The third kappa shape index (κ3) is 6.26. The molecule has 0 rings (SSSR count). The Labute approximate surface area is 133 Å². The predicted octanol–water partition coefficient (Wildman–Crippen LogP) is 0.922. The van der Waals surface area contributed by atoms with Crippen LogP contribution in [0.4, 0.5) is 0 Å². The number of hydrogen-bond acceptors (Lipinski definition) is 6. The van der Waals surface area contributed by atoms with E-state index in [0.717, 1.165) is 0 Å². The van der Waals surface area contributed by atoms with Crippen LogP contribution >= 0.6 is 0 Å². The van der Waals surface area contributed by atoms with Gasteiger partial charge >= 0.3 is 11.8 Å². The van der Waals surface area contributed by atoms with Gasteiger partial charge in [-0.15, -0.1) is 0 Å². The normalized spacial score (nSPS) is 10.7. The van der Waals surface area contributed by atoms with E-state index in [2.05, 4.69) is 0 Å². The van der Waals surface area contributed by atoms with Gasteiger partial charge in [0.2, 0.25) is 5.78 Å². The second-order valence-electron chi connectivity index (χ2n) is 3.26. The number of esters is 1. The summed E-state index contributed by atoms with van der Waals surface area (Å²) in [4.78, 5) is 23.9. The minimum Gasteiger partial charge on any atom is -0.462 e. The number of ketones is 1. The van der Waals surface area contributed by atoms with E-state index in [0.29, 0.717) is 6.61 Å². The Kier molecular flexibility index (Phi) is 13.1. The molecular weight excluding hydrogens is 331 g/mol. The molecule has 0 N–H and O–H groups in total. The molecule has 7 heteroatoms. The van der Waals surface area contributed by atoms with Crippen LogP contribution in [0.1, 0.15) is 27.7 Å². The third-order valence-corrected chi connectivity index (χ3v) is 2.04. The van der Waals surface area contributed by atoms with Crippen molar-refractivity contribution in [2.24, 2.45) is 0 Å². The summed E-state index contributed by atoms with van der Waals surface area (Å²) >= 11 is 0. The van der Waals surface area contributed by atoms with Crippen LogP contribution in [0.5, 0.6) is 0 Å². The van der Waals surface area contributed by atoms with Gasteiger partial charge in [-0.3, -0.25) is 4.79 Å². The largest absolute Gasteiger partial charge is 0.462 e. The van der Waals surface area contributed by atoms with Crippen LogP contribution in [0.2, 0.25) is 0 Å². The molecule has 0 heterocycles. The molecule has 0 unspecified atom stereocenters. The van der Waals surface area contributed by atoms with Crippen molar-refractivity contribution in [2.75, 3.05) is 33.0 Å². The molecule has 0 aliphatic carbocycles. The average Bonchev–Trinajstić information content (AvgIpc) is 2.35. The van der Waals surface area contributed by atoms with Gasteiger partial charge < -0.3 is 18.9 Å². The summed E-state index contributed by atoms with van der Waals surface area (Å²) in [5.74, 6) is -3.43. The number of carbonyl (C=O) groups excluding carboxylic acids is 2. The van der Waals surface area contributed by atoms with Crippen molar-refractivity contribution < 1.29 is 54.7 Å². The maximum Gasteiger partial charge on any atom is 0.375 e. The zero-order valence-corrected chi connectivity index (χ0v) is 14.4. The van der Waals surface area contributed by atoms with E-state index >= 15 is 0 Å². The van der Waals surface area contributed by atoms with Crippen molar-refractivity contribution in [2.45, 2.75) is 33.5 Å². The molecular formula is C12H22O6Zr. The quantitative estimate of drug-likeness (QED) is 0.330. The minimum atomic E-state index is -2.01. The van der Waals surface area contributed by atoms with Crippen LogP contribution in [-0.4, -0.2) is 50.6 Å². The summed E-state index contributed by atoms with van der Waals surface area (Å²) < 4.78 is 20.3. The Balaban J connectivity index is 0. The van der Waals surface area contributed by atoms with Crippen LogP contribution < -0.4 is 0 Å². The summed E-state index contributed by atoms with van der Waals surface area (Å²) in [6, 6.07) is 0. The Bertz CT molecular complexity index is 263. The summed E-state index contributed by atoms with van der Waals surface area (Å²) in [5.41, 5.74) is 0. The number of Topliss-reactive ketones (excluding diaryl/α,β-unsaturated/α-hetero) is 1. The zero-order valence-electron chi connectivity index (χ0n) is 12.0. The molecule has 0 bridgehead atoms. The molecule has 19 heavy (non-hydrogen) atoms. The van der Waals surface area contributed by atoms with E-state index in [9.17, 15) is 9.59 Å². The van der Waals surface area contributed by atoms with E-state index in [1.807, 2.05) is 0 Å². The van der Waals surface area contributed by atoms with Crippen LogP contribution in [0.15, 0.2) is 0 Å². The molecule has 0 aliphatic heterocycles. The Morgan fingerprint density at radius 2 is 1.42 bits per heavy atom. The first-order valence-electron chi connectivity index (χ1n) is 6.15. The maximum atomic E-state index is 12.0. The van der Waals surface area contributed by atoms with E-state index in [-0.39, 0.29) is 52.6 Å². The van der Waals surface area contributed by atoms with Crippen molar-refractivity contribution in [1.29, 1.82) is 0 Å². The third-order valence-electron chi connectivity index (χ3n) is 2.04. The molecule has 0 aliphatic rings. The fourth-order valence-corrected chi connectivity index (χ4v) is 1.36. The summed E-state index contributed by atoms with van der Waals surface area (Å²) in [6.45, 7) is 7.28. The fraction of sp³-hybridized carbons (Fsp3) is 0.833. The molecule has 0 aromatic rings. The van der Waals surface area contributed by atoms with Crippen molar-refractivity contribution in [3.63, 3.8) is 0 Å². The first-order valence-corrected chi connectivity index (χ1v) is 6.15. The van der Waals surface area contributed by atoms with Gasteiger partial charge in [0, 0.05) is 46.0 Å². The maximum absolute atomic E-state index is 12.0. The molecule has 0 aromatic carbocycles. The Morgan fingerprint density at radius 3 is 1.79 bits per heavy atom.